The van der Waals surface area contributed by atoms with Crippen LogP contribution in [0, 0.1) is 5.92 Å². The summed E-state index contributed by atoms with van der Waals surface area (Å²) in [5.74, 6) is 0.259. The van der Waals surface area contributed by atoms with Gasteiger partial charge in [0.25, 0.3) is 0 Å². The molecule has 7 heteroatoms. The predicted molar refractivity (Wildman–Crippen MR) is 76.8 cm³/mol. The van der Waals surface area contributed by atoms with E-state index in [4.69, 9.17) is 4.74 Å². The molecule has 2 fully saturated rings. The van der Waals surface area contributed by atoms with Crippen molar-refractivity contribution in [1.29, 1.82) is 0 Å². The molecule has 1 aromatic rings. The van der Waals surface area contributed by atoms with Gasteiger partial charge >= 0.3 is 0 Å². The molecule has 4 atom stereocenters. The Morgan fingerprint density at radius 2 is 2.41 bits per heavy atom. The monoisotopic (exact) mass is 311 g/mol. The molecule has 3 heterocycles. The zero-order valence-corrected chi connectivity index (χ0v) is 12.7. The molecule has 22 heavy (non-hydrogen) atoms. The molecule has 3 rings (SSSR count). The van der Waals surface area contributed by atoms with Crippen LogP contribution in [0.5, 0.6) is 0 Å². The van der Waals surface area contributed by atoms with Crippen molar-refractivity contribution >= 4 is 5.91 Å². The lowest BCUT2D eigenvalue weighted by Gasteiger charge is -2.27. The molecule has 2 unspecified atom stereocenters. The van der Waals surface area contributed by atoms with Gasteiger partial charge in [-0.2, -0.15) is 0 Å². The fraction of sp³-hybridized carbons (Fsp3) is 0.733. The Balaban J connectivity index is 1.79. The van der Waals surface area contributed by atoms with E-state index in [0.29, 0.717) is 13.0 Å². The number of likely N-dealkylation sites (tertiary alicyclic amines) is 1. The summed E-state index contributed by atoms with van der Waals surface area (Å²) in [6.45, 7) is 3.12. The van der Waals surface area contributed by atoms with Crippen LogP contribution in [-0.4, -0.2) is 57.4 Å². The molecule has 0 saturated carbocycles. The van der Waals surface area contributed by atoms with Gasteiger partial charge in [-0.3, -0.25) is 4.79 Å². The summed E-state index contributed by atoms with van der Waals surface area (Å²) in [4.78, 5) is 18.6. The van der Waals surface area contributed by atoms with E-state index in [1.54, 1.807) is 6.20 Å². The Bertz CT molecular complexity index is 536. The van der Waals surface area contributed by atoms with E-state index in [-0.39, 0.29) is 37.5 Å². The Morgan fingerprint density at radius 1 is 1.59 bits per heavy atom. The van der Waals surface area contributed by atoms with Crippen LogP contribution in [-0.2, 0) is 16.1 Å². The van der Waals surface area contributed by atoms with Crippen molar-refractivity contribution in [3.05, 3.63) is 18.2 Å². The standard InChI is InChI=1S/C15H22FN3O3/c1-2-18-5-4-17-14(18)13-12(3-6-22-13)15(21)19-8-10(16)7-11(19)9-20/h4-5,10-13,20H,2-3,6-9H2,1H3/t10?,11?,12-,13-/m1/s1. The van der Waals surface area contributed by atoms with Gasteiger partial charge in [0.2, 0.25) is 5.91 Å². The topological polar surface area (TPSA) is 67.6 Å². The fourth-order valence-corrected chi connectivity index (χ4v) is 3.46. The van der Waals surface area contributed by atoms with E-state index >= 15 is 0 Å². The number of alkyl halides is 1. The van der Waals surface area contributed by atoms with E-state index in [1.165, 1.54) is 4.90 Å². The lowest BCUT2D eigenvalue weighted by Crippen LogP contribution is -2.42. The van der Waals surface area contributed by atoms with E-state index in [9.17, 15) is 14.3 Å². The summed E-state index contributed by atoms with van der Waals surface area (Å²) >= 11 is 0. The summed E-state index contributed by atoms with van der Waals surface area (Å²) in [5, 5.41) is 9.37. The highest BCUT2D eigenvalue weighted by Crippen LogP contribution is 2.36. The second-order valence-electron chi connectivity index (χ2n) is 5.92. The number of aromatic nitrogens is 2. The quantitative estimate of drug-likeness (QED) is 0.897. The van der Waals surface area contributed by atoms with Crippen molar-refractivity contribution in [3.8, 4) is 0 Å². The summed E-state index contributed by atoms with van der Waals surface area (Å²) in [6.07, 6.45) is 2.93. The van der Waals surface area contributed by atoms with E-state index in [2.05, 4.69) is 4.98 Å². The third-order valence-corrected chi connectivity index (χ3v) is 4.61. The molecular formula is C15H22FN3O3. The number of amides is 1. The largest absolute Gasteiger partial charge is 0.394 e. The molecule has 6 nitrogen and oxygen atoms in total. The summed E-state index contributed by atoms with van der Waals surface area (Å²) in [7, 11) is 0. The normalized spacial score (nSPS) is 31.9. The molecule has 1 N–H and O–H groups in total. The molecule has 0 radical (unpaired) electrons. The highest BCUT2D eigenvalue weighted by Gasteiger charge is 2.44. The number of aliphatic hydroxyl groups excluding tert-OH is 1. The van der Waals surface area contributed by atoms with Crippen molar-refractivity contribution in [3.63, 3.8) is 0 Å². The van der Waals surface area contributed by atoms with Crippen molar-refractivity contribution in [2.45, 2.75) is 44.6 Å². The highest BCUT2D eigenvalue weighted by molar-refractivity contribution is 5.80. The lowest BCUT2D eigenvalue weighted by molar-refractivity contribution is -0.139. The van der Waals surface area contributed by atoms with E-state index < -0.39 is 12.2 Å². The number of rotatable bonds is 4. The number of aliphatic hydroxyl groups is 1. The Hall–Kier alpha value is -1.47. The molecule has 2 saturated heterocycles. The zero-order chi connectivity index (χ0) is 15.7. The minimum Gasteiger partial charge on any atom is -0.394 e. The molecule has 1 amide bonds. The zero-order valence-electron chi connectivity index (χ0n) is 12.7. The number of carbonyl (C=O) groups is 1. The van der Waals surface area contributed by atoms with Gasteiger partial charge in [-0.05, 0) is 13.3 Å². The fourth-order valence-electron chi connectivity index (χ4n) is 3.46. The van der Waals surface area contributed by atoms with Crippen LogP contribution in [0.15, 0.2) is 12.4 Å². The minimum absolute atomic E-state index is 0.0650. The molecule has 2 aliphatic rings. The molecule has 0 aromatic carbocycles. The first-order valence-electron chi connectivity index (χ1n) is 7.83. The maximum absolute atomic E-state index is 13.6. The van der Waals surface area contributed by atoms with Gasteiger partial charge in [-0.1, -0.05) is 0 Å². The van der Waals surface area contributed by atoms with Crippen LogP contribution in [0.25, 0.3) is 0 Å². The number of hydrogen-bond acceptors (Lipinski definition) is 4. The first-order valence-corrected chi connectivity index (χ1v) is 7.83. The number of halogens is 1. The molecule has 0 bridgehead atoms. The number of ether oxygens (including phenoxy) is 1. The van der Waals surface area contributed by atoms with Crippen molar-refractivity contribution in [2.75, 3.05) is 19.8 Å². The molecule has 0 aliphatic carbocycles. The van der Waals surface area contributed by atoms with E-state index in [0.717, 1.165) is 12.4 Å². The Morgan fingerprint density at radius 3 is 3.14 bits per heavy atom. The summed E-state index contributed by atoms with van der Waals surface area (Å²) < 4.78 is 21.3. The van der Waals surface area contributed by atoms with E-state index in [1.807, 2.05) is 17.7 Å². The molecule has 2 aliphatic heterocycles. The number of nitrogens with zero attached hydrogens (tertiary/aromatic N) is 3. The van der Waals surface area contributed by atoms with Crippen LogP contribution in [0.3, 0.4) is 0 Å². The van der Waals surface area contributed by atoms with Crippen molar-refractivity contribution < 1.29 is 19.0 Å². The number of aryl methyl sites for hydroxylation is 1. The first-order chi connectivity index (χ1) is 10.7. The third-order valence-electron chi connectivity index (χ3n) is 4.61. The van der Waals surface area contributed by atoms with Gasteiger partial charge in [0.15, 0.2) is 0 Å². The lowest BCUT2D eigenvalue weighted by atomic mass is 9.98. The van der Waals surface area contributed by atoms with Gasteiger partial charge in [0.1, 0.15) is 18.1 Å². The molecular weight excluding hydrogens is 289 g/mol. The van der Waals surface area contributed by atoms with Crippen LogP contribution in [0.1, 0.15) is 31.7 Å². The smallest absolute Gasteiger partial charge is 0.229 e. The number of hydrogen-bond donors (Lipinski definition) is 1. The maximum Gasteiger partial charge on any atom is 0.229 e. The Labute approximate surface area is 128 Å². The minimum atomic E-state index is -1.06. The van der Waals surface area contributed by atoms with Crippen LogP contribution >= 0.6 is 0 Å². The van der Waals surface area contributed by atoms with Crippen LogP contribution in [0.2, 0.25) is 0 Å². The van der Waals surface area contributed by atoms with Crippen LogP contribution in [0.4, 0.5) is 4.39 Å². The predicted octanol–water partition coefficient (Wildman–Crippen LogP) is 0.912. The van der Waals surface area contributed by atoms with Gasteiger partial charge in [-0.15, -0.1) is 0 Å². The Kier molecular flexibility index (Phi) is 4.44. The van der Waals surface area contributed by atoms with Gasteiger partial charge in [0, 0.05) is 32.0 Å². The molecule has 1 aromatic heterocycles. The highest BCUT2D eigenvalue weighted by atomic mass is 19.1. The average Bonchev–Trinajstić information content (AvgIpc) is 3.23. The van der Waals surface area contributed by atoms with Crippen LogP contribution < -0.4 is 0 Å². The third kappa shape index (κ3) is 2.63. The molecule has 122 valence electrons. The van der Waals surface area contributed by atoms with Gasteiger partial charge in [-0.25, -0.2) is 9.37 Å². The summed E-state index contributed by atoms with van der Waals surface area (Å²) in [5.41, 5.74) is 0. The second kappa shape index (κ2) is 6.34. The van der Waals surface area contributed by atoms with Gasteiger partial charge in [0.05, 0.1) is 25.1 Å². The number of imidazole rings is 1. The molecule has 0 spiro atoms. The van der Waals surface area contributed by atoms with Gasteiger partial charge < -0.3 is 19.3 Å². The van der Waals surface area contributed by atoms with Crippen molar-refractivity contribution in [2.24, 2.45) is 5.92 Å². The first kappa shape index (κ1) is 15.4. The SMILES string of the molecule is CCn1ccnc1[C@@H]1OCC[C@H]1C(=O)N1CC(F)CC1CO. The van der Waals surface area contributed by atoms with Crippen molar-refractivity contribution in [1.82, 2.24) is 14.5 Å². The second-order valence-corrected chi connectivity index (χ2v) is 5.92. The summed E-state index contributed by atoms with van der Waals surface area (Å²) in [6, 6.07) is -0.422. The average molecular weight is 311 g/mol. The maximum atomic E-state index is 13.6. The number of carbonyl (C=O) groups excluding carboxylic acids is 1.